The van der Waals surface area contributed by atoms with Gasteiger partial charge in [0.1, 0.15) is 4.90 Å². The molecule has 1 saturated heterocycles. The van der Waals surface area contributed by atoms with Crippen molar-refractivity contribution in [3.63, 3.8) is 0 Å². The second-order valence-corrected chi connectivity index (χ2v) is 9.89. The third-order valence-electron chi connectivity index (χ3n) is 6.08. The summed E-state index contributed by atoms with van der Waals surface area (Å²) in [5, 5.41) is 0.157. The predicted octanol–water partition coefficient (Wildman–Crippen LogP) is 4.02. The van der Waals surface area contributed by atoms with Gasteiger partial charge in [0.2, 0.25) is 10.0 Å². The van der Waals surface area contributed by atoms with Crippen LogP contribution >= 0.6 is 11.6 Å². The van der Waals surface area contributed by atoms with Gasteiger partial charge in [-0.2, -0.15) is 4.31 Å². The Labute approximate surface area is 167 Å². The van der Waals surface area contributed by atoms with Crippen LogP contribution in [-0.4, -0.2) is 49.7 Å². The van der Waals surface area contributed by atoms with Gasteiger partial charge >= 0.3 is 0 Å². The van der Waals surface area contributed by atoms with E-state index in [1.165, 1.54) is 42.1 Å². The van der Waals surface area contributed by atoms with Gasteiger partial charge in [-0.25, -0.2) is 8.42 Å². The highest BCUT2D eigenvalue weighted by Crippen LogP contribution is 2.36. The number of halogens is 1. The molecule has 0 unspecified atom stereocenters. The lowest BCUT2D eigenvalue weighted by molar-refractivity contribution is 0.0520. The van der Waals surface area contributed by atoms with Crippen molar-refractivity contribution in [2.75, 3.05) is 26.2 Å². The van der Waals surface area contributed by atoms with Crippen LogP contribution in [0.15, 0.2) is 23.1 Å². The molecule has 3 rings (SSSR count). The normalized spacial score (nSPS) is 23.3. The molecule has 0 bridgehead atoms. The first-order valence-electron chi connectivity index (χ1n) is 9.97. The van der Waals surface area contributed by atoms with Crippen LogP contribution in [0.5, 0.6) is 0 Å². The van der Waals surface area contributed by atoms with Gasteiger partial charge in [0.15, 0.2) is 0 Å². The van der Waals surface area contributed by atoms with Crippen molar-refractivity contribution in [3.8, 4) is 0 Å². The fourth-order valence-corrected chi connectivity index (χ4v) is 6.46. The lowest BCUT2D eigenvalue weighted by Crippen LogP contribution is -2.44. The maximum atomic E-state index is 13.0. The maximum absolute atomic E-state index is 13.0. The van der Waals surface area contributed by atoms with Crippen molar-refractivity contribution in [1.29, 1.82) is 0 Å². The summed E-state index contributed by atoms with van der Waals surface area (Å²) in [6.07, 6.45) is 6.07. The van der Waals surface area contributed by atoms with E-state index in [1.807, 2.05) is 4.90 Å². The van der Waals surface area contributed by atoms with Crippen LogP contribution in [0, 0.1) is 11.8 Å². The molecule has 27 heavy (non-hydrogen) atoms. The summed E-state index contributed by atoms with van der Waals surface area (Å²) in [7, 11) is -3.71. The number of fused-ring (bicyclic) bond motifs is 1. The summed E-state index contributed by atoms with van der Waals surface area (Å²) < 4.78 is 27.1. The Balaban J connectivity index is 1.84. The van der Waals surface area contributed by atoms with Gasteiger partial charge in [-0.15, -0.1) is 0 Å². The zero-order valence-electron chi connectivity index (χ0n) is 16.2. The lowest BCUT2D eigenvalue weighted by Gasteiger charge is -2.41. The molecule has 7 heteroatoms. The van der Waals surface area contributed by atoms with Crippen LogP contribution in [0.3, 0.4) is 0 Å². The Morgan fingerprint density at radius 1 is 1.15 bits per heavy atom. The van der Waals surface area contributed by atoms with E-state index in [4.69, 9.17) is 11.6 Å². The second kappa shape index (κ2) is 8.50. The van der Waals surface area contributed by atoms with Crippen molar-refractivity contribution < 1.29 is 13.2 Å². The van der Waals surface area contributed by atoms with Crippen molar-refractivity contribution in [2.24, 2.45) is 11.8 Å². The second-order valence-electron chi connectivity index (χ2n) is 7.58. The summed E-state index contributed by atoms with van der Waals surface area (Å²) in [5.74, 6) is 1.24. The number of nitrogens with zero attached hydrogens (tertiary/aromatic N) is 2. The molecule has 1 aliphatic carbocycles. The first kappa shape index (κ1) is 20.6. The molecule has 0 radical (unpaired) electrons. The fraction of sp³-hybridized carbons (Fsp3) is 0.650. The molecule has 0 aromatic heterocycles. The van der Waals surface area contributed by atoms with Crippen molar-refractivity contribution >= 4 is 27.5 Å². The fourth-order valence-electron chi connectivity index (χ4n) is 4.50. The van der Waals surface area contributed by atoms with E-state index in [0.717, 1.165) is 25.4 Å². The highest BCUT2D eigenvalue weighted by Gasteiger charge is 2.34. The number of hydrogen-bond acceptors (Lipinski definition) is 3. The molecular weight excluding hydrogens is 384 g/mol. The van der Waals surface area contributed by atoms with Crippen molar-refractivity contribution in [2.45, 2.75) is 50.8 Å². The number of amides is 1. The lowest BCUT2D eigenvalue weighted by atomic mass is 9.75. The minimum Gasteiger partial charge on any atom is -0.338 e. The highest BCUT2D eigenvalue weighted by molar-refractivity contribution is 7.89. The van der Waals surface area contributed by atoms with E-state index in [1.54, 1.807) is 19.9 Å². The van der Waals surface area contributed by atoms with E-state index in [2.05, 4.69) is 0 Å². The first-order valence-corrected chi connectivity index (χ1v) is 11.8. The van der Waals surface area contributed by atoms with E-state index in [-0.39, 0.29) is 15.8 Å². The zero-order valence-corrected chi connectivity index (χ0v) is 17.7. The molecule has 1 amide bonds. The smallest absolute Gasteiger partial charge is 0.253 e. The summed E-state index contributed by atoms with van der Waals surface area (Å²) >= 11 is 6.19. The molecule has 2 aliphatic rings. The van der Waals surface area contributed by atoms with Gasteiger partial charge in [0, 0.05) is 31.7 Å². The first-order chi connectivity index (χ1) is 12.9. The SMILES string of the molecule is CCN(CC)S(=O)(=O)c1cc(C(=O)N2CC[C@@H]3CCCC[C@H]3C2)ccc1Cl. The predicted molar refractivity (Wildman–Crippen MR) is 108 cm³/mol. The van der Waals surface area contributed by atoms with Crippen molar-refractivity contribution in [1.82, 2.24) is 9.21 Å². The molecule has 1 saturated carbocycles. The van der Waals surface area contributed by atoms with Crippen LogP contribution < -0.4 is 0 Å². The average molecular weight is 413 g/mol. The van der Waals surface area contributed by atoms with Crippen LogP contribution in [0.25, 0.3) is 0 Å². The van der Waals surface area contributed by atoms with Gasteiger partial charge in [-0.3, -0.25) is 4.79 Å². The quantitative estimate of drug-likeness (QED) is 0.733. The number of benzene rings is 1. The van der Waals surface area contributed by atoms with Gasteiger partial charge in [-0.05, 0) is 42.9 Å². The van der Waals surface area contributed by atoms with E-state index in [0.29, 0.717) is 24.6 Å². The molecular formula is C20H29ClN2O3S. The molecule has 1 aromatic carbocycles. The third kappa shape index (κ3) is 4.17. The average Bonchev–Trinajstić information content (AvgIpc) is 2.68. The van der Waals surface area contributed by atoms with Gasteiger partial charge in [0.05, 0.1) is 5.02 Å². The number of hydrogen-bond donors (Lipinski definition) is 0. The molecule has 1 heterocycles. The number of likely N-dealkylation sites (tertiary alicyclic amines) is 1. The van der Waals surface area contributed by atoms with Crippen molar-refractivity contribution in [3.05, 3.63) is 28.8 Å². The molecule has 2 fully saturated rings. The van der Waals surface area contributed by atoms with Gasteiger partial charge < -0.3 is 4.90 Å². The van der Waals surface area contributed by atoms with E-state index in [9.17, 15) is 13.2 Å². The molecule has 150 valence electrons. The monoisotopic (exact) mass is 412 g/mol. The number of carbonyl (C=O) groups is 1. The molecule has 5 nitrogen and oxygen atoms in total. The Morgan fingerprint density at radius 2 is 1.81 bits per heavy atom. The number of carbonyl (C=O) groups excluding carboxylic acids is 1. The largest absolute Gasteiger partial charge is 0.338 e. The van der Waals surface area contributed by atoms with Crippen LogP contribution in [-0.2, 0) is 10.0 Å². The van der Waals surface area contributed by atoms with Crippen LogP contribution in [0.1, 0.15) is 56.3 Å². The standard InChI is InChI=1S/C20H29ClN2O3S/c1-3-23(4-2)27(25,26)19-13-16(9-10-18(19)21)20(24)22-12-11-15-7-5-6-8-17(15)14-22/h9-10,13,15,17H,3-8,11-12,14H2,1-2H3/t15-,17-/m0/s1. The topological polar surface area (TPSA) is 57.7 Å². The summed E-state index contributed by atoms with van der Waals surface area (Å²) in [4.78, 5) is 15.0. The molecule has 0 N–H and O–H groups in total. The summed E-state index contributed by atoms with van der Waals surface area (Å²) in [5.41, 5.74) is 0.402. The summed E-state index contributed by atoms with van der Waals surface area (Å²) in [6, 6.07) is 4.61. The number of sulfonamides is 1. The minimum atomic E-state index is -3.71. The molecule has 1 aromatic rings. The third-order valence-corrected chi connectivity index (χ3v) is 8.61. The number of rotatable bonds is 5. The van der Waals surface area contributed by atoms with E-state index < -0.39 is 10.0 Å². The minimum absolute atomic E-state index is 0.0197. The maximum Gasteiger partial charge on any atom is 0.253 e. The molecule has 1 aliphatic heterocycles. The Hall–Kier alpha value is -1.11. The zero-order chi connectivity index (χ0) is 19.6. The van der Waals surface area contributed by atoms with Crippen LogP contribution in [0.2, 0.25) is 5.02 Å². The molecule has 2 atom stereocenters. The van der Waals surface area contributed by atoms with Crippen LogP contribution in [0.4, 0.5) is 0 Å². The van der Waals surface area contributed by atoms with Gasteiger partial charge in [-0.1, -0.05) is 44.7 Å². The summed E-state index contributed by atoms with van der Waals surface area (Å²) in [6.45, 7) is 5.84. The Kier molecular flexibility index (Phi) is 6.49. The number of piperidine rings is 1. The van der Waals surface area contributed by atoms with E-state index >= 15 is 0 Å². The molecule has 0 spiro atoms. The van der Waals surface area contributed by atoms with Gasteiger partial charge in [0.25, 0.3) is 5.91 Å². The Bertz CT molecular complexity index is 792. The highest BCUT2D eigenvalue weighted by atomic mass is 35.5. The Morgan fingerprint density at radius 3 is 2.48 bits per heavy atom.